The zero-order valence-electron chi connectivity index (χ0n) is 17.4. The van der Waals surface area contributed by atoms with Crippen molar-refractivity contribution in [1.29, 1.82) is 0 Å². The summed E-state index contributed by atoms with van der Waals surface area (Å²) in [6, 6.07) is 7.23. The van der Waals surface area contributed by atoms with E-state index in [9.17, 15) is 0 Å². The molecule has 2 heteroatoms. The van der Waals surface area contributed by atoms with Crippen LogP contribution in [0, 0.1) is 0 Å². The third-order valence-corrected chi connectivity index (χ3v) is 7.09. The molecule has 1 aliphatic carbocycles. The first-order valence-electron chi connectivity index (χ1n) is 11.0. The summed E-state index contributed by atoms with van der Waals surface area (Å²) in [6.07, 6.45) is 21.8. The second-order valence-electron chi connectivity index (χ2n) is 7.90. The van der Waals surface area contributed by atoms with Crippen molar-refractivity contribution in [2.45, 2.75) is 74.5 Å². The van der Waals surface area contributed by atoms with E-state index < -0.39 is 0 Å². The molecule has 0 bridgehead atoms. The Morgan fingerprint density at radius 3 is 2.46 bits per heavy atom. The zero-order chi connectivity index (χ0) is 19.8. The van der Waals surface area contributed by atoms with E-state index in [0.29, 0.717) is 11.3 Å². The number of thioether (sulfide) groups is 1. The van der Waals surface area contributed by atoms with Gasteiger partial charge in [-0.3, -0.25) is 0 Å². The topological polar surface area (TPSA) is 3.24 Å². The Morgan fingerprint density at radius 2 is 1.75 bits per heavy atom. The summed E-state index contributed by atoms with van der Waals surface area (Å²) < 4.78 is 0. The van der Waals surface area contributed by atoms with Crippen LogP contribution in [-0.2, 0) is 0 Å². The molecule has 2 unspecified atom stereocenters. The van der Waals surface area contributed by atoms with E-state index in [1.165, 1.54) is 73.1 Å². The number of benzene rings is 1. The molecule has 0 aromatic heterocycles. The molecule has 1 aliphatic heterocycles. The number of hydrogen-bond donors (Lipinski definition) is 0. The maximum absolute atomic E-state index is 3.95. The van der Waals surface area contributed by atoms with Gasteiger partial charge in [-0.15, -0.1) is 11.8 Å². The van der Waals surface area contributed by atoms with Gasteiger partial charge in [0.15, 0.2) is 0 Å². The maximum Gasteiger partial charge on any atom is 0.0634 e. The van der Waals surface area contributed by atoms with Crippen LogP contribution >= 0.6 is 11.8 Å². The van der Waals surface area contributed by atoms with E-state index in [-0.39, 0.29) is 0 Å². The van der Waals surface area contributed by atoms with Crippen LogP contribution in [0.25, 0.3) is 6.08 Å². The largest absolute Gasteiger partial charge is 0.363 e. The zero-order valence-corrected chi connectivity index (χ0v) is 18.2. The van der Waals surface area contributed by atoms with E-state index in [0.717, 1.165) is 6.54 Å². The van der Waals surface area contributed by atoms with E-state index in [4.69, 9.17) is 0 Å². The number of unbranched alkanes of at least 4 members (excludes halogenated alkanes) is 7. The molecule has 0 radical (unpaired) electrons. The molecule has 0 N–H and O–H groups in total. The van der Waals surface area contributed by atoms with Crippen molar-refractivity contribution in [3.05, 3.63) is 66.8 Å². The highest BCUT2D eigenvalue weighted by atomic mass is 32.2. The number of hydrogen-bond acceptors (Lipinski definition) is 2. The molecule has 0 spiro atoms. The van der Waals surface area contributed by atoms with Crippen LogP contribution in [0.2, 0.25) is 0 Å². The second kappa shape index (κ2) is 10.8. The Bertz CT molecular complexity index is 730. The van der Waals surface area contributed by atoms with Crippen LogP contribution in [0.3, 0.4) is 0 Å². The Morgan fingerprint density at radius 1 is 1.00 bits per heavy atom. The van der Waals surface area contributed by atoms with Crippen LogP contribution in [0.4, 0.5) is 5.69 Å². The molecule has 150 valence electrons. The molecule has 0 saturated carbocycles. The predicted octanol–water partition coefficient (Wildman–Crippen LogP) is 7.80. The standard InChI is InChI=1S/C26H35NS/c1-4-7-8-9-10-11-12-13-18-27-23-16-14-21(5-2)19-25(23)28-26-20-22(6-3)15-17-24(26)27/h5-6,14-17,19-20,23,25H,2-4,7-13,18H2,1H3. The summed E-state index contributed by atoms with van der Waals surface area (Å²) in [7, 11) is 0. The Kier molecular flexibility index (Phi) is 8.09. The minimum atomic E-state index is 0.445. The van der Waals surface area contributed by atoms with Gasteiger partial charge in [0.05, 0.1) is 17.0 Å². The first-order valence-corrected chi connectivity index (χ1v) is 11.9. The molecule has 1 nitrogen and oxygen atoms in total. The average molecular weight is 394 g/mol. The van der Waals surface area contributed by atoms with E-state index in [1.54, 1.807) is 0 Å². The van der Waals surface area contributed by atoms with Gasteiger partial charge in [0, 0.05) is 11.4 Å². The van der Waals surface area contributed by atoms with Crippen LogP contribution in [0.5, 0.6) is 0 Å². The van der Waals surface area contributed by atoms with Gasteiger partial charge in [-0.1, -0.05) is 101 Å². The first-order chi connectivity index (χ1) is 13.8. The summed E-state index contributed by atoms with van der Waals surface area (Å²) in [5.74, 6) is 0. The molecule has 2 atom stereocenters. The number of fused-ring (bicyclic) bond motifs is 2. The molecule has 1 aromatic carbocycles. The van der Waals surface area contributed by atoms with Crippen LogP contribution in [0.1, 0.15) is 63.9 Å². The maximum atomic E-state index is 3.95. The van der Waals surface area contributed by atoms with Gasteiger partial charge in [0.25, 0.3) is 0 Å². The minimum absolute atomic E-state index is 0.445. The van der Waals surface area contributed by atoms with Crippen LogP contribution < -0.4 is 4.90 Å². The number of rotatable bonds is 11. The Hall–Kier alpha value is -1.67. The first kappa shape index (κ1) is 21.0. The van der Waals surface area contributed by atoms with E-state index in [1.807, 2.05) is 23.9 Å². The quantitative estimate of drug-likeness (QED) is 0.353. The third-order valence-electron chi connectivity index (χ3n) is 5.82. The average Bonchev–Trinajstić information content (AvgIpc) is 2.73. The molecule has 1 aromatic rings. The van der Waals surface area contributed by atoms with Gasteiger partial charge in [0.2, 0.25) is 0 Å². The molecule has 0 saturated heterocycles. The van der Waals surface area contributed by atoms with Gasteiger partial charge in [-0.2, -0.15) is 0 Å². The van der Waals surface area contributed by atoms with Gasteiger partial charge in [-0.25, -0.2) is 0 Å². The Labute approximate surface area is 176 Å². The van der Waals surface area contributed by atoms with Crippen molar-refractivity contribution < 1.29 is 0 Å². The third kappa shape index (κ3) is 5.23. The lowest BCUT2D eigenvalue weighted by atomic mass is 9.99. The smallest absolute Gasteiger partial charge is 0.0634 e. The molecule has 3 rings (SSSR count). The SMILES string of the molecule is C=CC1=CC2Sc3cc(C=C)ccc3N(CCCCCCCCCC)C2C=C1. The predicted molar refractivity (Wildman–Crippen MR) is 127 cm³/mol. The summed E-state index contributed by atoms with van der Waals surface area (Å²) in [5, 5.41) is 0.458. The highest BCUT2D eigenvalue weighted by molar-refractivity contribution is 8.00. The number of anilines is 1. The fraction of sp³-hybridized carbons (Fsp3) is 0.462. The second-order valence-corrected chi connectivity index (χ2v) is 9.12. The molecule has 28 heavy (non-hydrogen) atoms. The highest BCUT2D eigenvalue weighted by Gasteiger charge is 2.33. The van der Waals surface area contributed by atoms with Crippen molar-refractivity contribution >= 4 is 23.5 Å². The summed E-state index contributed by atoms with van der Waals surface area (Å²) in [6.45, 7) is 11.3. The van der Waals surface area contributed by atoms with Crippen molar-refractivity contribution in [3.8, 4) is 0 Å². The minimum Gasteiger partial charge on any atom is -0.363 e. The van der Waals surface area contributed by atoms with Crippen LogP contribution in [0.15, 0.2) is 66.1 Å². The number of nitrogens with zero attached hydrogens (tertiary/aromatic N) is 1. The van der Waals surface area contributed by atoms with Gasteiger partial charge in [-0.05, 0) is 29.7 Å². The van der Waals surface area contributed by atoms with Gasteiger partial charge >= 0.3 is 0 Å². The normalized spacial score (nSPS) is 20.3. The van der Waals surface area contributed by atoms with Gasteiger partial charge < -0.3 is 4.90 Å². The van der Waals surface area contributed by atoms with E-state index in [2.05, 4.69) is 61.4 Å². The fourth-order valence-electron chi connectivity index (χ4n) is 4.17. The van der Waals surface area contributed by atoms with Crippen molar-refractivity contribution in [2.75, 3.05) is 11.4 Å². The van der Waals surface area contributed by atoms with E-state index >= 15 is 0 Å². The summed E-state index contributed by atoms with van der Waals surface area (Å²) in [4.78, 5) is 4.01. The van der Waals surface area contributed by atoms with Crippen molar-refractivity contribution in [2.24, 2.45) is 0 Å². The van der Waals surface area contributed by atoms with Crippen LogP contribution in [-0.4, -0.2) is 17.8 Å². The lowest BCUT2D eigenvalue weighted by molar-refractivity contribution is 0.561. The van der Waals surface area contributed by atoms with Crippen molar-refractivity contribution in [3.63, 3.8) is 0 Å². The summed E-state index contributed by atoms with van der Waals surface area (Å²) in [5.41, 5.74) is 3.83. The molecule has 0 amide bonds. The summed E-state index contributed by atoms with van der Waals surface area (Å²) >= 11 is 1.98. The van der Waals surface area contributed by atoms with Gasteiger partial charge in [0.1, 0.15) is 0 Å². The molecule has 2 aliphatic rings. The highest BCUT2D eigenvalue weighted by Crippen LogP contribution is 2.45. The molecular formula is C26H35NS. The monoisotopic (exact) mass is 393 g/mol. The molecule has 1 heterocycles. The molecular weight excluding hydrogens is 358 g/mol. The fourth-order valence-corrected chi connectivity index (χ4v) is 5.57. The molecule has 0 fully saturated rings. The van der Waals surface area contributed by atoms with Crippen molar-refractivity contribution in [1.82, 2.24) is 0 Å². The number of allylic oxidation sites excluding steroid dienone is 3. The lowest BCUT2D eigenvalue weighted by Crippen LogP contribution is -2.45. The Balaban J connectivity index is 1.65. The lowest BCUT2D eigenvalue weighted by Gasteiger charge is -2.42.